The highest BCUT2D eigenvalue weighted by molar-refractivity contribution is 5.67. The van der Waals surface area contributed by atoms with Crippen molar-refractivity contribution >= 4 is 18.0 Å². The van der Waals surface area contributed by atoms with Gasteiger partial charge in [0, 0.05) is 50.6 Å². The van der Waals surface area contributed by atoms with Crippen LogP contribution < -0.4 is 0 Å². The molecule has 0 radical (unpaired) electrons. The van der Waals surface area contributed by atoms with E-state index in [2.05, 4.69) is 21.8 Å². The normalized spacial score (nSPS) is 11.7. The van der Waals surface area contributed by atoms with Gasteiger partial charge in [-0.3, -0.25) is 19.6 Å². The molecule has 0 amide bonds. The van der Waals surface area contributed by atoms with Gasteiger partial charge < -0.3 is 9.47 Å². The molecule has 2 rings (SSSR count). The molecule has 2 unspecified atom stereocenters. The van der Waals surface area contributed by atoms with E-state index in [1.807, 2.05) is 24.3 Å². The monoisotopic (exact) mass is 404 g/mol. The van der Waals surface area contributed by atoms with Crippen molar-refractivity contribution in [2.24, 2.45) is 0 Å². The van der Waals surface area contributed by atoms with Gasteiger partial charge in [0.1, 0.15) is 12.2 Å². The molecular formula is C24H24N2O4. The number of pyridine rings is 2. The van der Waals surface area contributed by atoms with Gasteiger partial charge in [0.2, 0.25) is 0 Å². The summed E-state index contributed by atoms with van der Waals surface area (Å²) in [6.45, 7) is 2.72. The number of aromatic nitrogens is 2. The van der Waals surface area contributed by atoms with E-state index in [1.165, 1.54) is 13.8 Å². The highest BCUT2D eigenvalue weighted by Gasteiger charge is 2.13. The summed E-state index contributed by atoms with van der Waals surface area (Å²) in [4.78, 5) is 29.5. The Hall–Kier alpha value is -3.90. The van der Waals surface area contributed by atoms with Crippen LogP contribution >= 0.6 is 0 Å². The van der Waals surface area contributed by atoms with Crippen molar-refractivity contribution in [1.82, 2.24) is 9.97 Å². The van der Waals surface area contributed by atoms with Gasteiger partial charge in [-0.1, -0.05) is 18.2 Å². The van der Waals surface area contributed by atoms with Gasteiger partial charge in [-0.05, 0) is 23.8 Å². The zero-order valence-electron chi connectivity index (χ0n) is 17.0. The maximum absolute atomic E-state index is 10.8. The van der Waals surface area contributed by atoms with Crippen LogP contribution in [0, 0.1) is 24.7 Å². The summed E-state index contributed by atoms with van der Waals surface area (Å²) in [5.74, 6) is 4.26. The van der Waals surface area contributed by atoms with Crippen molar-refractivity contribution in [3.63, 3.8) is 0 Å². The number of ether oxygens (including phenoxy) is 2. The fourth-order valence-corrected chi connectivity index (χ4v) is 2.27. The van der Waals surface area contributed by atoms with Crippen molar-refractivity contribution in [2.45, 2.75) is 38.9 Å². The van der Waals surface area contributed by atoms with Crippen LogP contribution in [0.4, 0.5) is 0 Å². The van der Waals surface area contributed by atoms with Crippen molar-refractivity contribution in [3.8, 4) is 24.7 Å². The molecule has 30 heavy (non-hydrogen) atoms. The minimum absolute atomic E-state index is 0.337. The quantitative estimate of drug-likeness (QED) is 0.516. The molecule has 6 heteroatoms. The molecular weight excluding hydrogens is 380 g/mol. The van der Waals surface area contributed by atoms with Crippen LogP contribution in [0.15, 0.2) is 55.1 Å². The van der Waals surface area contributed by atoms with Crippen molar-refractivity contribution in [1.29, 1.82) is 0 Å². The van der Waals surface area contributed by atoms with Gasteiger partial charge in [0.25, 0.3) is 0 Å². The second-order valence-electron chi connectivity index (χ2n) is 5.99. The van der Waals surface area contributed by atoms with Crippen LogP contribution in [-0.2, 0) is 19.1 Å². The number of carbonyl (C=O) groups excluding carboxylic acids is 2. The molecule has 0 aliphatic carbocycles. The molecule has 0 N–H and O–H groups in total. The fraction of sp³-hybridized carbons (Fsp3) is 0.250. The minimum Gasteiger partial charge on any atom is -0.457 e. The first-order valence-electron chi connectivity index (χ1n) is 9.15. The number of rotatable bonds is 7. The van der Waals surface area contributed by atoms with Crippen LogP contribution in [0.3, 0.4) is 0 Å². The summed E-state index contributed by atoms with van der Waals surface area (Å²) in [5, 5.41) is 0. The Morgan fingerprint density at radius 2 is 1.63 bits per heavy atom. The highest BCUT2D eigenvalue weighted by Crippen LogP contribution is 2.19. The number of hydrogen-bond donors (Lipinski definition) is 0. The van der Waals surface area contributed by atoms with E-state index < -0.39 is 0 Å². The Labute approximate surface area is 177 Å². The molecule has 0 saturated heterocycles. The lowest BCUT2D eigenvalue weighted by Gasteiger charge is -2.13. The first-order valence-corrected chi connectivity index (χ1v) is 9.15. The zero-order chi connectivity index (χ0) is 22.2. The Bertz CT molecular complexity index is 896. The first kappa shape index (κ1) is 24.1. The summed E-state index contributed by atoms with van der Waals surface area (Å²) >= 11 is 0. The van der Waals surface area contributed by atoms with Gasteiger partial charge in [0.15, 0.2) is 0 Å². The van der Waals surface area contributed by atoms with Crippen LogP contribution in [0.25, 0.3) is 6.08 Å². The third kappa shape index (κ3) is 10.4. The summed E-state index contributed by atoms with van der Waals surface area (Å²) in [7, 11) is 0. The van der Waals surface area contributed by atoms with Gasteiger partial charge in [0.05, 0.1) is 6.42 Å². The van der Waals surface area contributed by atoms with E-state index >= 15 is 0 Å². The highest BCUT2D eigenvalue weighted by atomic mass is 16.5. The maximum Gasteiger partial charge on any atom is 0.303 e. The van der Waals surface area contributed by atoms with Gasteiger partial charge in [-0.2, -0.15) is 0 Å². The third-order valence-corrected chi connectivity index (χ3v) is 3.49. The lowest BCUT2D eigenvalue weighted by Crippen LogP contribution is -2.12. The summed E-state index contributed by atoms with van der Waals surface area (Å²) in [6, 6.07) is 7.35. The average Bonchev–Trinajstić information content (AvgIpc) is 2.73. The molecule has 0 saturated carbocycles. The van der Waals surface area contributed by atoms with Crippen LogP contribution in [-0.4, -0.2) is 28.0 Å². The lowest BCUT2D eigenvalue weighted by molar-refractivity contribution is -0.146. The van der Waals surface area contributed by atoms with E-state index in [1.54, 1.807) is 36.9 Å². The summed E-state index contributed by atoms with van der Waals surface area (Å²) in [6.07, 6.45) is 20.7. The molecule has 0 aliphatic rings. The summed E-state index contributed by atoms with van der Waals surface area (Å²) in [5.41, 5.74) is 1.76. The minimum atomic E-state index is -0.383. The van der Waals surface area contributed by atoms with Gasteiger partial charge in [-0.15, -0.1) is 24.7 Å². The number of hydrogen-bond acceptors (Lipinski definition) is 6. The fourth-order valence-electron chi connectivity index (χ4n) is 2.27. The van der Waals surface area contributed by atoms with Crippen molar-refractivity contribution < 1.29 is 19.1 Å². The van der Waals surface area contributed by atoms with E-state index in [-0.39, 0.29) is 24.1 Å². The van der Waals surface area contributed by atoms with Crippen LogP contribution in [0.2, 0.25) is 0 Å². The molecule has 0 fully saturated rings. The Kier molecular flexibility index (Phi) is 11.4. The van der Waals surface area contributed by atoms with Gasteiger partial charge in [-0.25, -0.2) is 0 Å². The standard InChI is InChI=1S/C13H13NO2.C11H11NO2/c1-3-5-13(16-11(2)15)8-7-12-6-4-9-14-10-12;1-3-5-11(14-9(2)13)10-6-4-7-12-8-10/h1,4,6-10,13H,5H2,2H3;1,4,6-8,11H,5H2,2H3. The molecule has 2 heterocycles. The Morgan fingerprint density at radius 1 is 1.00 bits per heavy atom. The molecule has 2 atom stereocenters. The molecule has 0 spiro atoms. The molecule has 2 aromatic heterocycles. The van der Waals surface area contributed by atoms with Crippen LogP contribution in [0.5, 0.6) is 0 Å². The topological polar surface area (TPSA) is 78.4 Å². The van der Waals surface area contributed by atoms with E-state index in [9.17, 15) is 9.59 Å². The van der Waals surface area contributed by atoms with Crippen molar-refractivity contribution in [3.05, 3.63) is 66.3 Å². The maximum atomic E-state index is 10.8. The Balaban J connectivity index is 0.000000303. The van der Waals surface area contributed by atoms with E-state index in [4.69, 9.17) is 22.3 Å². The van der Waals surface area contributed by atoms with Crippen LogP contribution in [0.1, 0.15) is 43.9 Å². The molecule has 2 aromatic rings. The molecule has 0 aromatic carbocycles. The largest absolute Gasteiger partial charge is 0.457 e. The first-order chi connectivity index (χ1) is 14.5. The van der Waals surface area contributed by atoms with E-state index in [0.29, 0.717) is 12.8 Å². The zero-order valence-corrected chi connectivity index (χ0v) is 17.0. The Morgan fingerprint density at radius 3 is 2.13 bits per heavy atom. The predicted molar refractivity (Wildman–Crippen MR) is 114 cm³/mol. The van der Waals surface area contributed by atoms with Crippen molar-refractivity contribution in [2.75, 3.05) is 0 Å². The number of nitrogens with zero attached hydrogens (tertiary/aromatic N) is 2. The molecule has 0 bridgehead atoms. The smallest absolute Gasteiger partial charge is 0.303 e. The third-order valence-electron chi connectivity index (χ3n) is 3.49. The summed E-state index contributed by atoms with van der Waals surface area (Å²) < 4.78 is 10.1. The molecule has 0 aliphatic heterocycles. The number of terminal acetylenes is 2. The predicted octanol–water partition coefficient (Wildman–Crippen LogP) is 3.76. The lowest BCUT2D eigenvalue weighted by atomic mass is 10.1. The second kappa shape index (κ2) is 14.1. The number of carbonyl (C=O) groups is 2. The average molecular weight is 404 g/mol. The van der Waals surface area contributed by atoms with E-state index in [0.717, 1.165) is 11.1 Å². The second-order valence-corrected chi connectivity index (χ2v) is 5.99. The molecule has 6 nitrogen and oxygen atoms in total. The SMILES string of the molecule is C#CCC(C=Cc1cccnc1)OC(C)=O.C#CCC(OC(C)=O)c1cccnc1. The number of esters is 2. The molecule has 154 valence electrons. The van der Waals surface area contributed by atoms with Gasteiger partial charge >= 0.3 is 11.9 Å².